The van der Waals surface area contributed by atoms with Crippen LogP contribution in [-0.2, 0) is 30.7 Å². The maximum absolute atomic E-state index is 10.9. The van der Waals surface area contributed by atoms with E-state index in [-0.39, 0.29) is 6.42 Å². The molecule has 0 atom stereocenters. The summed E-state index contributed by atoms with van der Waals surface area (Å²) < 4.78 is 0. The van der Waals surface area contributed by atoms with Crippen LogP contribution in [0.25, 0.3) is 10.9 Å². The lowest BCUT2D eigenvalue weighted by Crippen LogP contribution is -2.29. The highest BCUT2D eigenvalue weighted by atomic mass is 16.4. The minimum Gasteiger partial charge on any atom is -0.550 e. The van der Waals surface area contributed by atoms with Crippen LogP contribution in [0.15, 0.2) is 48.5 Å². The third kappa shape index (κ3) is 2.93. The molecule has 0 fully saturated rings. The third-order valence-electron chi connectivity index (χ3n) is 4.72. The molecule has 0 unspecified atom stereocenters. The standard InChI is InChI=1S/C20H20N2O2/c23-20(24)11-15-6-7-18-16(10-15)17-13-22(9-8-19(17)21-18)12-14-4-2-1-3-5-14/h1-7,10,21H,8-9,11-13H2,(H,23,24)/p-1. The molecule has 0 spiro atoms. The van der Waals surface area contributed by atoms with Gasteiger partial charge in [0.2, 0.25) is 0 Å². The zero-order valence-corrected chi connectivity index (χ0v) is 13.4. The van der Waals surface area contributed by atoms with Crippen molar-refractivity contribution < 1.29 is 9.90 Å². The third-order valence-corrected chi connectivity index (χ3v) is 4.72. The van der Waals surface area contributed by atoms with E-state index in [1.807, 2.05) is 24.3 Å². The van der Waals surface area contributed by atoms with Crippen molar-refractivity contribution in [1.82, 2.24) is 9.88 Å². The predicted molar refractivity (Wildman–Crippen MR) is 91.3 cm³/mol. The van der Waals surface area contributed by atoms with Gasteiger partial charge in [-0.25, -0.2) is 0 Å². The van der Waals surface area contributed by atoms with E-state index in [0.29, 0.717) is 0 Å². The number of fused-ring (bicyclic) bond motifs is 3. The van der Waals surface area contributed by atoms with Gasteiger partial charge in [0.15, 0.2) is 0 Å². The molecule has 4 nitrogen and oxygen atoms in total. The highest BCUT2D eigenvalue weighted by Gasteiger charge is 2.20. The van der Waals surface area contributed by atoms with Crippen molar-refractivity contribution in [3.63, 3.8) is 0 Å². The predicted octanol–water partition coefficient (Wildman–Crippen LogP) is 2.02. The lowest BCUT2D eigenvalue weighted by molar-refractivity contribution is -0.304. The number of carbonyl (C=O) groups is 1. The number of H-pyrrole nitrogens is 1. The van der Waals surface area contributed by atoms with Crippen molar-refractivity contribution in [3.8, 4) is 0 Å². The molecule has 0 bridgehead atoms. The molecule has 1 aliphatic rings. The van der Waals surface area contributed by atoms with Gasteiger partial charge in [0.1, 0.15) is 0 Å². The molecule has 1 aliphatic heterocycles. The lowest BCUT2D eigenvalue weighted by Gasteiger charge is -2.27. The Labute approximate surface area is 140 Å². The number of carboxylic acids is 1. The second-order valence-corrected chi connectivity index (χ2v) is 6.46. The second kappa shape index (κ2) is 6.13. The maximum Gasteiger partial charge on any atom is 0.0459 e. The fraction of sp³-hybridized carbons (Fsp3) is 0.250. The molecular weight excluding hydrogens is 300 g/mol. The fourth-order valence-corrected chi connectivity index (χ4v) is 3.57. The summed E-state index contributed by atoms with van der Waals surface area (Å²) in [6.45, 7) is 2.85. The number of hydrogen-bond acceptors (Lipinski definition) is 3. The summed E-state index contributed by atoms with van der Waals surface area (Å²) in [6, 6.07) is 16.3. The Morgan fingerprint density at radius 1 is 1.12 bits per heavy atom. The average Bonchev–Trinajstić information content (AvgIpc) is 2.93. The largest absolute Gasteiger partial charge is 0.550 e. The topological polar surface area (TPSA) is 59.2 Å². The van der Waals surface area contributed by atoms with Crippen LogP contribution in [0.1, 0.15) is 22.4 Å². The second-order valence-electron chi connectivity index (χ2n) is 6.46. The summed E-state index contributed by atoms with van der Waals surface area (Å²) in [5.41, 5.74) is 5.78. The molecule has 0 saturated carbocycles. The number of carbonyl (C=O) groups excluding carboxylic acids is 1. The monoisotopic (exact) mass is 319 g/mol. The Morgan fingerprint density at radius 3 is 2.75 bits per heavy atom. The number of hydrogen-bond donors (Lipinski definition) is 1. The molecule has 2 heterocycles. The zero-order valence-electron chi connectivity index (χ0n) is 13.4. The quantitative estimate of drug-likeness (QED) is 0.800. The summed E-state index contributed by atoms with van der Waals surface area (Å²) in [6.07, 6.45) is 0.955. The van der Waals surface area contributed by atoms with E-state index in [2.05, 4.69) is 34.1 Å². The first-order chi connectivity index (χ1) is 11.7. The molecule has 24 heavy (non-hydrogen) atoms. The Kier molecular flexibility index (Phi) is 3.82. The van der Waals surface area contributed by atoms with Crippen molar-refractivity contribution in [2.24, 2.45) is 0 Å². The first-order valence-corrected chi connectivity index (χ1v) is 8.27. The van der Waals surface area contributed by atoms with Gasteiger partial charge in [-0.3, -0.25) is 4.90 Å². The SMILES string of the molecule is O=C([O-])Cc1ccc2[nH]c3c(c2c1)CN(Cc1ccccc1)CC3. The number of aliphatic carboxylic acids is 1. The van der Waals surface area contributed by atoms with Crippen molar-refractivity contribution >= 4 is 16.9 Å². The molecule has 4 rings (SSSR count). The summed E-state index contributed by atoms with van der Waals surface area (Å²) in [5, 5.41) is 12.0. The first kappa shape index (κ1) is 15.0. The van der Waals surface area contributed by atoms with E-state index in [1.54, 1.807) is 0 Å². The van der Waals surface area contributed by atoms with Gasteiger partial charge >= 0.3 is 0 Å². The molecule has 2 aromatic carbocycles. The van der Waals surface area contributed by atoms with Crippen molar-refractivity contribution in [2.45, 2.75) is 25.9 Å². The molecule has 3 aromatic rings. The summed E-state index contributed by atoms with van der Waals surface area (Å²) in [4.78, 5) is 16.8. The Hall–Kier alpha value is -2.59. The fourth-order valence-electron chi connectivity index (χ4n) is 3.57. The van der Waals surface area contributed by atoms with Gasteiger partial charge in [-0.1, -0.05) is 36.4 Å². The van der Waals surface area contributed by atoms with Crippen LogP contribution in [0.4, 0.5) is 0 Å². The molecule has 1 N–H and O–H groups in total. The van der Waals surface area contributed by atoms with E-state index in [1.165, 1.54) is 16.8 Å². The minimum absolute atomic E-state index is 0.0381. The normalized spacial score (nSPS) is 14.7. The molecule has 4 heteroatoms. The number of nitrogens with one attached hydrogen (secondary N) is 1. The van der Waals surface area contributed by atoms with Gasteiger partial charge in [-0.15, -0.1) is 0 Å². The van der Waals surface area contributed by atoms with Crippen molar-refractivity contribution in [3.05, 3.63) is 70.9 Å². The summed E-state index contributed by atoms with van der Waals surface area (Å²) >= 11 is 0. The van der Waals surface area contributed by atoms with Crippen LogP contribution in [0.5, 0.6) is 0 Å². The number of aromatic amines is 1. The number of rotatable bonds is 4. The maximum atomic E-state index is 10.9. The van der Waals surface area contributed by atoms with Crippen LogP contribution in [0.3, 0.4) is 0 Å². The van der Waals surface area contributed by atoms with Gasteiger partial charge in [0.25, 0.3) is 0 Å². The van der Waals surface area contributed by atoms with E-state index >= 15 is 0 Å². The highest BCUT2D eigenvalue weighted by Crippen LogP contribution is 2.29. The smallest absolute Gasteiger partial charge is 0.0459 e. The van der Waals surface area contributed by atoms with E-state index in [4.69, 9.17) is 0 Å². The molecule has 0 saturated heterocycles. The van der Waals surface area contributed by atoms with E-state index in [0.717, 1.165) is 42.5 Å². The highest BCUT2D eigenvalue weighted by molar-refractivity contribution is 5.86. The number of benzene rings is 2. The number of aromatic nitrogens is 1. The van der Waals surface area contributed by atoms with Gasteiger partial charge in [-0.05, 0) is 28.8 Å². The number of carboxylic acid groups (broad SMARTS) is 1. The van der Waals surface area contributed by atoms with E-state index in [9.17, 15) is 9.90 Å². The van der Waals surface area contributed by atoms with Crippen molar-refractivity contribution in [1.29, 1.82) is 0 Å². The first-order valence-electron chi connectivity index (χ1n) is 8.27. The zero-order chi connectivity index (χ0) is 16.5. The van der Waals surface area contributed by atoms with Crippen molar-refractivity contribution in [2.75, 3.05) is 6.54 Å². The summed E-state index contributed by atoms with van der Waals surface area (Å²) in [5.74, 6) is -1.04. The van der Waals surface area contributed by atoms with Gasteiger partial charge < -0.3 is 14.9 Å². The van der Waals surface area contributed by atoms with Crippen LogP contribution < -0.4 is 5.11 Å². The molecule has 0 amide bonds. The molecular formula is C20H19N2O2-. The minimum atomic E-state index is -1.04. The Bertz CT molecular complexity index is 883. The van der Waals surface area contributed by atoms with Gasteiger partial charge in [0.05, 0.1) is 0 Å². The molecule has 0 aliphatic carbocycles. The van der Waals surface area contributed by atoms with Crippen LogP contribution in [0, 0.1) is 0 Å². The van der Waals surface area contributed by atoms with Crippen LogP contribution in [-0.4, -0.2) is 22.4 Å². The van der Waals surface area contributed by atoms with Crippen LogP contribution >= 0.6 is 0 Å². The molecule has 122 valence electrons. The molecule has 0 radical (unpaired) electrons. The van der Waals surface area contributed by atoms with Gasteiger partial charge in [0, 0.05) is 55.0 Å². The number of nitrogens with zero attached hydrogens (tertiary/aromatic N) is 1. The Balaban J connectivity index is 1.62. The van der Waals surface area contributed by atoms with E-state index < -0.39 is 5.97 Å². The summed E-state index contributed by atoms with van der Waals surface area (Å²) in [7, 11) is 0. The Morgan fingerprint density at radius 2 is 1.96 bits per heavy atom. The lowest BCUT2D eigenvalue weighted by atomic mass is 10.0. The average molecular weight is 319 g/mol. The van der Waals surface area contributed by atoms with Crippen LogP contribution in [0.2, 0.25) is 0 Å². The van der Waals surface area contributed by atoms with Gasteiger partial charge in [-0.2, -0.15) is 0 Å². The molecule has 1 aromatic heterocycles.